The van der Waals surface area contributed by atoms with E-state index in [1.165, 1.54) is 12.8 Å². The zero-order valence-corrected chi connectivity index (χ0v) is 21.8. The summed E-state index contributed by atoms with van der Waals surface area (Å²) in [6.45, 7) is 10.5. The summed E-state index contributed by atoms with van der Waals surface area (Å²) in [5, 5.41) is 0. The average molecular weight is 487 g/mol. The van der Waals surface area contributed by atoms with Crippen LogP contribution in [0.1, 0.15) is 97.1 Å². The molecule has 0 radical (unpaired) electrons. The van der Waals surface area contributed by atoms with Gasteiger partial charge in [-0.15, -0.1) is 0 Å². The van der Waals surface area contributed by atoms with E-state index in [4.69, 9.17) is 0 Å². The van der Waals surface area contributed by atoms with Crippen molar-refractivity contribution in [3.63, 3.8) is 0 Å². The van der Waals surface area contributed by atoms with Crippen LogP contribution in [0.5, 0.6) is 0 Å². The molecule has 0 saturated heterocycles. The van der Waals surface area contributed by atoms with Crippen molar-refractivity contribution in [1.82, 2.24) is 0 Å². The number of fused-ring (bicyclic) bond motifs is 1. The minimum Gasteiger partial charge on any atom is -0.294 e. The van der Waals surface area contributed by atoms with Gasteiger partial charge in [-0.3, -0.25) is 4.79 Å². The number of allylic oxidation sites excluding steroid dienone is 2. The van der Waals surface area contributed by atoms with E-state index in [9.17, 15) is 18.0 Å². The number of halogens is 3. The Bertz CT molecular complexity index is 1070. The van der Waals surface area contributed by atoms with Crippen molar-refractivity contribution in [1.29, 1.82) is 0 Å². The quantitative estimate of drug-likeness (QED) is 0.408. The van der Waals surface area contributed by atoms with E-state index in [2.05, 4.69) is 24.8 Å². The van der Waals surface area contributed by atoms with E-state index < -0.39 is 11.7 Å². The molecule has 0 aliphatic heterocycles. The average Bonchev–Trinajstić information content (AvgIpc) is 3.16. The van der Waals surface area contributed by atoms with Crippen molar-refractivity contribution in [2.45, 2.75) is 97.6 Å². The first-order valence-electron chi connectivity index (χ1n) is 13.1. The molecule has 190 valence electrons. The molecule has 0 spiro atoms. The molecular weight excluding hydrogens is 447 g/mol. The highest BCUT2D eigenvalue weighted by Crippen LogP contribution is 2.61. The molecule has 0 amide bonds. The van der Waals surface area contributed by atoms with Crippen LogP contribution in [0.4, 0.5) is 18.9 Å². The fourth-order valence-electron chi connectivity index (χ4n) is 7.28. The molecule has 0 bridgehead atoms. The lowest BCUT2D eigenvalue weighted by atomic mass is 9.52. The van der Waals surface area contributed by atoms with Crippen LogP contribution in [0.2, 0.25) is 0 Å². The van der Waals surface area contributed by atoms with Gasteiger partial charge < -0.3 is 0 Å². The van der Waals surface area contributed by atoms with E-state index in [1.54, 1.807) is 12.1 Å². The molecule has 2 nitrogen and oxygen atoms in total. The highest BCUT2D eigenvalue weighted by atomic mass is 19.4. The second-order valence-electron chi connectivity index (χ2n) is 12.6. The molecule has 0 N–H and O–H groups in total. The van der Waals surface area contributed by atoms with Crippen LogP contribution in [0.15, 0.2) is 30.4 Å². The number of benzene rings is 1. The van der Waals surface area contributed by atoms with Gasteiger partial charge in [0.05, 0.1) is 12.0 Å². The Hall–Kier alpha value is -2.09. The minimum absolute atomic E-state index is 0.227. The first-order chi connectivity index (χ1) is 16.3. The Morgan fingerprint density at radius 1 is 1.06 bits per heavy atom. The molecule has 5 heteroatoms. The second-order valence-corrected chi connectivity index (χ2v) is 12.6. The zero-order valence-electron chi connectivity index (χ0n) is 21.8. The van der Waals surface area contributed by atoms with Crippen LogP contribution < -0.4 is 0 Å². The summed E-state index contributed by atoms with van der Waals surface area (Å²) < 4.78 is 40.3. The summed E-state index contributed by atoms with van der Waals surface area (Å²) in [7, 11) is 0. The lowest BCUT2D eigenvalue weighted by Crippen LogP contribution is -2.48. The van der Waals surface area contributed by atoms with Crippen molar-refractivity contribution in [3.05, 3.63) is 46.3 Å². The van der Waals surface area contributed by atoms with Gasteiger partial charge in [0.1, 0.15) is 0 Å². The predicted octanol–water partition coefficient (Wildman–Crippen LogP) is 9.12. The molecule has 0 heterocycles. The maximum atomic E-state index is 13.4. The third-order valence-electron chi connectivity index (χ3n) is 9.36. The number of carbonyl (C=O) groups is 1. The van der Waals surface area contributed by atoms with Crippen molar-refractivity contribution < 1.29 is 18.0 Å². The first kappa shape index (κ1) is 26.0. The summed E-state index contributed by atoms with van der Waals surface area (Å²) >= 11 is 0. The van der Waals surface area contributed by atoms with Gasteiger partial charge in [-0.1, -0.05) is 47.1 Å². The van der Waals surface area contributed by atoms with Gasteiger partial charge in [-0.05, 0) is 90.2 Å². The summed E-state index contributed by atoms with van der Waals surface area (Å²) in [5.74, 6) is 1.25. The molecule has 1 aromatic rings. The molecule has 5 atom stereocenters. The molecule has 4 rings (SSSR count). The predicted molar refractivity (Wildman–Crippen MR) is 135 cm³/mol. The maximum absolute atomic E-state index is 13.4. The fourth-order valence-corrected chi connectivity index (χ4v) is 7.28. The largest absolute Gasteiger partial charge is 0.416 e. The topological polar surface area (TPSA) is 21.4 Å². The van der Waals surface area contributed by atoms with E-state index >= 15 is 0 Å². The summed E-state index contributed by atoms with van der Waals surface area (Å²) in [6, 6.07) is 7.07. The molecule has 2 fully saturated rings. The second kappa shape index (κ2) is 9.09. The molecule has 2 unspecified atom stereocenters. The highest BCUT2D eigenvalue weighted by Gasteiger charge is 2.55. The number of hydrogen-bond donors (Lipinski definition) is 0. The fraction of sp³-hybridized carbons (Fsp3) is 0.667. The first-order valence-corrected chi connectivity index (χ1v) is 13.1. The standard InChI is InChI=1S/C30H39F3NO/c1-27(2,3)24-12-11-20(30(31,32)33)19-25(24)34-18-14-21-22-9-8-15-28(22,4)17-13-23(21)29(5)16-7-6-10-26(29)35/h6,10-12,19,21-23H,7-9,13-17H2,1-5H3/q+1/t21?,22-,23?,28-,29+/m0/s1. The minimum atomic E-state index is -4.41. The molecular formula is C30H39F3NO+. The van der Waals surface area contributed by atoms with Gasteiger partial charge in [0.2, 0.25) is 0 Å². The molecule has 3 aliphatic rings. The van der Waals surface area contributed by atoms with Crippen molar-refractivity contribution in [3.8, 4) is 6.07 Å². The van der Waals surface area contributed by atoms with Crippen LogP contribution in [0, 0.1) is 34.7 Å². The van der Waals surface area contributed by atoms with Gasteiger partial charge in [-0.25, -0.2) is 0 Å². The van der Waals surface area contributed by atoms with Crippen molar-refractivity contribution in [2.75, 3.05) is 0 Å². The number of nitrogens with zero attached hydrogens (tertiary/aromatic N) is 1. The number of carbonyl (C=O) groups excluding carboxylic acids is 1. The third kappa shape index (κ3) is 4.95. The summed E-state index contributed by atoms with van der Waals surface area (Å²) in [5.41, 5.74) is 0.00510. The van der Waals surface area contributed by atoms with E-state index in [0.29, 0.717) is 18.0 Å². The third-order valence-corrected chi connectivity index (χ3v) is 9.36. The Morgan fingerprint density at radius 3 is 2.46 bits per heavy atom. The van der Waals surface area contributed by atoms with Crippen molar-refractivity contribution in [2.24, 2.45) is 28.6 Å². The zero-order chi connectivity index (χ0) is 25.6. The Morgan fingerprint density at radius 2 is 1.80 bits per heavy atom. The highest BCUT2D eigenvalue weighted by molar-refractivity contribution is 5.95. The van der Waals surface area contributed by atoms with Crippen molar-refractivity contribution >= 4 is 11.5 Å². The normalized spacial score (nSPS) is 33.3. The lowest BCUT2D eigenvalue weighted by Gasteiger charge is -2.51. The van der Waals surface area contributed by atoms with Crippen LogP contribution >= 0.6 is 0 Å². The van der Waals surface area contributed by atoms with Gasteiger partial charge in [0.25, 0.3) is 6.07 Å². The smallest absolute Gasteiger partial charge is 0.294 e. The van der Waals surface area contributed by atoms with E-state index in [-0.39, 0.29) is 33.9 Å². The number of ketones is 1. The molecule has 1 aromatic carbocycles. The lowest BCUT2D eigenvalue weighted by molar-refractivity contribution is -0.137. The molecule has 2 saturated carbocycles. The van der Waals surface area contributed by atoms with E-state index in [1.807, 2.05) is 26.8 Å². The van der Waals surface area contributed by atoms with Crippen LogP contribution in [-0.2, 0) is 16.4 Å². The monoisotopic (exact) mass is 486 g/mol. The van der Waals surface area contributed by atoms with Crippen LogP contribution in [-0.4, -0.2) is 5.78 Å². The number of hydrogen-bond acceptors (Lipinski definition) is 1. The van der Waals surface area contributed by atoms with Gasteiger partial charge in [-0.2, -0.15) is 13.2 Å². The number of rotatable bonds is 2. The summed E-state index contributed by atoms with van der Waals surface area (Å²) in [6.07, 6.45) is 7.43. The Labute approximate surface area is 208 Å². The van der Waals surface area contributed by atoms with Gasteiger partial charge >= 0.3 is 11.9 Å². The molecule has 0 aromatic heterocycles. The van der Waals surface area contributed by atoms with Gasteiger partial charge in [0, 0.05) is 17.0 Å². The number of alkyl halides is 3. The van der Waals surface area contributed by atoms with E-state index in [0.717, 1.165) is 49.8 Å². The van der Waals surface area contributed by atoms with Crippen LogP contribution in [0.3, 0.4) is 0 Å². The van der Waals surface area contributed by atoms with Crippen LogP contribution in [0.25, 0.3) is 4.85 Å². The maximum Gasteiger partial charge on any atom is 0.416 e. The summed E-state index contributed by atoms with van der Waals surface area (Å²) in [4.78, 5) is 17.6. The Kier molecular flexibility index (Phi) is 6.75. The SMILES string of the molecule is CC(C)(C)c1ccc(C(F)(F)F)cc1[N+]#CCC1C([C@@]2(C)CCC=CC2=O)CC[C@]2(C)CCC[C@@H]12. The molecule has 3 aliphatic carbocycles. The Balaban J connectivity index is 1.70. The van der Waals surface area contributed by atoms with Gasteiger partial charge in [0.15, 0.2) is 5.78 Å². The molecule has 35 heavy (non-hydrogen) atoms.